The zero-order valence-corrected chi connectivity index (χ0v) is 21.4. The summed E-state index contributed by atoms with van der Waals surface area (Å²) in [5, 5.41) is 2.40. The Balaban J connectivity index is 1.67. The van der Waals surface area contributed by atoms with Crippen molar-refractivity contribution in [2.24, 2.45) is 11.8 Å². The third-order valence-corrected chi connectivity index (χ3v) is 6.59. The Morgan fingerprint density at radius 1 is 1.18 bits per heavy atom. The molecule has 0 spiro atoms. The molecule has 1 aliphatic rings. The summed E-state index contributed by atoms with van der Waals surface area (Å²) >= 11 is 0. The van der Waals surface area contributed by atoms with Crippen molar-refractivity contribution in [2.45, 2.75) is 51.3 Å². The maximum Gasteiger partial charge on any atom is 0.416 e. The molecular weight excluding hydrogens is 499 g/mol. The van der Waals surface area contributed by atoms with Crippen molar-refractivity contribution in [3.05, 3.63) is 60.3 Å². The van der Waals surface area contributed by atoms with Gasteiger partial charge in [0.2, 0.25) is 5.91 Å². The number of hydrogen-bond donors (Lipinski definition) is 1. The van der Waals surface area contributed by atoms with E-state index in [-0.39, 0.29) is 30.0 Å². The van der Waals surface area contributed by atoms with Gasteiger partial charge in [0.25, 0.3) is 0 Å². The summed E-state index contributed by atoms with van der Waals surface area (Å²) < 4.78 is 45.5. The smallest absolute Gasteiger partial charge is 0.416 e. The van der Waals surface area contributed by atoms with E-state index in [0.717, 1.165) is 31.4 Å². The van der Waals surface area contributed by atoms with Crippen LogP contribution in [0.1, 0.15) is 44.6 Å². The highest BCUT2D eigenvalue weighted by atomic mass is 19.4. The third-order valence-electron chi connectivity index (χ3n) is 6.59. The monoisotopic (exact) mass is 531 g/mol. The van der Waals surface area contributed by atoms with Gasteiger partial charge in [0.1, 0.15) is 12.4 Å². The minimum atomic E-state index is -4.61. The fourth-order valence-electron chi connectivity index (χ4n) is 4.58. The number of allylic oxidation sites excluding steroid dienone is 2. The van der Waals surface area contributed by atoms with Gasteiger partial charge in [-0.2, -0.15) is 13.2 Å². The van der Waals surface area contributed by atoms with Crippen molar-refractivity contribution in [2.75, 3.05) is 18.9 Å². The van der Waals surface area contributed by atoms with Crippen LogP contribution in [0.25, 0.3) is 11.3 Å². The number of aromatic nitrogens is 1. The highest BCUT2D eigenvalue weighted by Crippen LogP contribution is 2.37. The molecule has 1 N–H and O–H groups in total. The van der Waals surface area contributed by atoms with E-state index in [0.29, 0.717) is 18.5 Å². The number of anilines is 1. The van der Waals surface area contributed by atoms with Crippen molar-refractivity contribution in [3.63, 3.8) is 0 Å². The number of benzene rings is 1. The molecule has 0 aliphatic heterocycles. The molecule has 3 atom stereocenters. The van der Waals surface area contributed by atoms with Gasteiger partial charge in [-0.25, -0.2) is 4.79 Å². The van der Waals surface area contributed by atoms with Crippen LogP contribution >= 0.6 is 0 Å². The maximum absolute atomic E-state index is 13.3. The van der Waals surface area contributed by atoms with Gasteiger partial charge >= 0.3 is 12.3 Å². The number of halogens is 3. The number of amides is 2. The van der Waals surface area contributed by atoms with Gasteiger partial charge in [-0.05, 0) is 63.3 Å². The number of unbranched alkanes of at least 4 members (excludes halogenated alkanes) is 2. The molecule has 1 fully saturated rings. The summed E-state index contributed by atoms with van der Waals surface area (Å²) in [5.41, 5.74) is -0.387. The van der Waals surface area contributed by atoms with Crippen molar-refractivity contribution >= 4 is 24.0 Å². The molecule has 0 radical (unpaired) electrons. The van der Waals surface area contributed by atoms with Gasteiger partial charge in [-0.1, -0.05) is 24.3 Å². The minimum absolute atomic E-state index is 0.112. The van der Waals surface area contributed by atoms with Crippen LogP contribution in [0.2, 0.25) is 0 Å². The van der Waals surface area contributed by atoms with Crippen LogP contribution in [0.15, 0.2) is 54.7 Å². The molecule has 204 valence electrons. The number of nitrogens with zero attached hydrogens (tertiary/aromatic N) is 2. The number of rotatable bonds is 10. The summed E-state index contributed by atoms with van der Waals surface area (Å²) in [6.07, 6.45) is 2.93. The first kappa shape index (κ1) is 28.9. The molecule has 7 nitrogen and oxygen atoms in total. The van der Waals surface area contributed by atoms with Gasteiger partial charge in [0.15, 0.2) is 0 Å². The Kier molecular flexibility index (Phi) is 10.0. The molecule has 0 saturated heterocycles. The average molecular weight is 532 g/mol. The molecule has 10 heteroatoms. The molecule has 1 aromatic carbocycles. The van der Waals surface area contributed by atoms with Gasteiger partial charge in [0, 0.05) is 31.3 Å². The SMILES string of the molecule is C/C=C\CCCCN(C)C(=O)[C@@H]1C[C@H](OC(=O)Nc2cc(C(F)(F)F)ccc2-c2ccccn2)C[C@H]1C=O. The zero-order chi connectivity index (χ0) is 27.7. The third kappa shape index (κ3) is 7.66. The molecule has 1 saturated carbocycles. The predicted octanol–water partition coefficient (Wildman–Crippen LogP) is 6.11. The van der Waals surface area contributed by atoms with Crippen LogP contribution in [0.5, 0.6) is 0 Å². The summed E-state index contributed by atoms with van der Waals surface area (Å²) in [6, 6.07) is 7.93. The summed E-state index contributed by atoms with van der Waals surface area (Å²) in [4.78, 5) is 43.1. The topological polar surface area (TPSA) is 88.6 Å². The number of carbonyl (C=O) groups is 3. The minimum Gasteiger partial charge on any atom is -0.446 e. The summed E-state index contributed by atoms with van der Waals surface area (Å²) in [7, 11) is 1.69. The van der Waals surface area contributed by atoms with E-state index in [2.05, 4.69) is 16.4 Å². The molecule has 0 unspecified atom stereocenters. The van der Waals surface area contributed by atoms with Crippen LogP contribution < -0.4 is 5.32 Å². The molecule has 0 bridgehead atoms. The first-order chi connectivity index (χ1) is 18.1. The number of pyridine rings is 1. The average Bonchev–Trinajstić information content (AvgIpc) is 3.30. The Morgan fingerprint density at radius 3 is 2.63 bits per heavy atom. The van der Waals surface area contributed by atoms with Crippen molar-refractivity contribution < 1.29 is 32.3 Å². The fourth-order valence-corrected chi connectivity index (χ4v) is 4.58. The lowest BCUT2D eigenvalue weighted by atomic mass is 9.96. The van der Waals surface area contributed by atoms with E-state index in [1.165, 1.54) is 12.3 Å². The molecule has 3 rings (SSSR count). The maximum atomic E-state index is 13.3. The molecule has 2 aromatic rings. The van der Waals surface area contributed by atoms with Crippen LogP contribution in [-0.4, -0.2) is 47.9 Å². The second-order valence-corrected chi connectivity index (χ2v) is 9.33. The first-order valence-corrected chi connectivity index (χ1v) is 12.6. The van der Waals surface area contributed by atoms with E-state index < -0.39 is 35.8 Å². The number of aldehydes is 1. The van der Waals surface area contributed by atoms with Crippen molar-refractivity contribution in [3.8, 4) is 11.3 Å². The number of alkyl halides is 3. The molecule has 1 aliphatic carbocycles. The van der Waals surface area contributed by atoms with E-state index >= 15 is 0 Å². The lowest BCUT2D eigenvalue weighted by Crippen LogP contribution is -2.35. The standard InChI is InChI=1S/C28H32F3N3O4/c1-3-4-5-6-9-14-34(2)26(36)23-17-21(15-19(23)18-35)38-27(37)33-25-16-20(28(29,30)31)11-12-22(25)24-10-7-8-13-32-24/h3-4,7-8,10-13,16,18-19,21,23H,5-6,9,14-15,17H2,1-2H3,(H,33,37)/b4-3-/t19-,21+,23+/m0/s1. The Morgan fingerprint density at radius 2 is 1.97 bits per heavy atom. The normalized spacial score (nSPS) is 19.3. The second kappa shape index (κ2) is 13.2. The molecule has 1 aromatic heterocycles. The van der Waals surface area contributed by atoms with Crippen LogP contribution in [0, 0.1) is 11.8 Å². The Labute approximate surface area is 220 Å². The van der Waals surface area contributed by atoms with E-state index in [4.69, 9.17) is 4.74 Å². The van der Waals surface area contributed by atoms with Gasteiger partial charge in [-0.15, -0.1) is 0 Å². The molecule has 1 heterocycles. The van der Waals surface area contributed by atoms with Crippen molar-refractivity contribution in [1.29, 1.82) is 0 Å². The van der Waals surface area contributed by atoms with Gasteiger partial charge in [0.05, 0.1) is 22.9 Å². The first-order valence-electron chi connectivity index (χ1n) is 12.6. The second-order valence-electron chi connectivity index (χ2n) is 9.33. The predicted molar refractivity (Wildman–Crippen MR) is 137 cm³/mol. The quantitative estimate of drug-likeness (QED) is 0.227. The van der Waals surface area contributed by atoms with E-state index in [9.17, 15) is 27.6 Å². The molecule has 2 amide bonds. The van der Waals surface area contributed by atoms with E-state index in [1.807, 2.05) is 13.0 Å². The van der Waals surface area contributed by atoms with E-state index in [1.54, 1.807) is 30.1 Å². The highest BCUT2D eigenvalue weighted by molar-refractivity contribution is 5.91. The number of nitrogens with one attached hydrogen (secondary N) is 1. The summed E-state index contributed by atoms with van der Waals surface area (Å²) in [5.74, 6) is -1.41. The molecule has 38 heavy (non-hydrogen) atoms. The fraction of sp³-hybridized carbons (Fsp3) is 0.429. The number of hydrogen-bond acceptors (Lipinski definition) is 5. The Bertz CT molecular complexity index is 1140. The van der Waals surface area contributed by atoms with Crippen molar-refractivity contribution in [1.82, 2.24) is 9.88 Å². The van der Waals surface area contributed by atoms with Gasteiger partial charge in [-0.3, -0.25) is 15.1 Å². The van der Waals surface area contributed by atoms with Gasteiger partial charge < -0.3 is 14.4 Å². The lowest BCUT2D eigenvalue weighted by molar-refractivity contribution is -0.137. The highest BCUT2D eigenvalue weighted by Gasteiger charge is 2.41. The largest absolute Gasteiger partial charge is 0.446 e. The number of ether oxygens (including phenoxy) is 1. The lowest BCUT2D eigenvalue weighted by Gasteiger charge is -2.22. The zero-order valence-electron chi connectivity index (χ0n) is 21.4. The van der Waals surface area contributed by atoms with Crippen LogP contribution in [0.3, 0.4) is 0 Å². The number of carbonyl (C=O) groups excluding carboxylic acids is 3. The van der Waals surface area contributed by atoms with Crippen LogP contribution in [0.4, 0.5) is 23.7 Å². The summed E-state index contributed by atoms with van der Waals surface area (Å²) in [6.45, 7) is 2.50. The van der Waals surface area contributed by atoms with Crippen LogP contribution in [-0.2, 0) is 20.5 Å². The Hall–Kier alpha value is -3.69. The molecular formula is C28H32F3N3O4.